The maximum atomic E-state index is 12.4. The van der Waals surface area contributed by atoms with Crippen LogP contribution in [0.3, 0.4) is 0 Å². The summed E-state index contributed by atoms with van der Waals surface area (Å²) in [6, 6.07) is 0. The summed E-state index contributed by atoms with van der Waals surface area (Å²) in [7, 11) is -1.74. The van der Waals surface area contributed by atoms with Gasteiger partial charge >= 0.3 is 0 Å². The van der Waals surface area contributed by atoms with Crippen molar-refractivity contribution < 1.29 is 8.42 Å². The molecule has 1 aromatic rings. The van der Waals surface area contributed by atoms with Crippen molar-refractivity contribution in [1.82, 2.24) is 25.1 Å². The third-order valence-corrected chi connectivity index (χ3v) is 5.41. The molecular weight excluding hydrogens is 290 g/mol. The monoisotopic (exact) mass is 315 g/mol. The Morgan fingerprint density at radius 3 is 2.67 bits per heavy atom. The molecule has 1 aliphatic rings. The molecule has 0 aromatic carbocycles. The van der Waals surface area contributed by atoms with E-state index in [1.165, 1.54) is 19.3 Å². The van der Waals surface area contributed by atoms with E-state index in [0.29, 0.717) is 24.5 Å². The Kier molecular flexibility index (Phi) is 5.74. The molecule has 0 bridgehead atoms. The van der Waals surface area contributed by atoms with Crippen LogP contribution in [-0.4, -0.2) is 56.7 Å². The van der Waals surface area contributed by atoms with Crippen LogP contribution >= 0.6 is 0 Å². The molecule has 3 N–H and O–H groups in total. The zero-order chi connectivity index (χ0) is 15.3. The number of piperidine rings is 1. The van der Waals surface area contributed by atoms with E-state index in [0.717, 1.165) is 19.6 Å². The second-order valence-corrected chi connectivity index (χ2v) is 7.16. The summed E-state index contributed by atoms with van der Waals surface area (Å²) < 4.78 is 27.6. The van der Waals surface area contributed by atoms with E-state index in [1.807, 2.05) is 0 Å². The average Bonchev–Trinajstić information content (AvgIpc) is 2.82. The van der Waals surface area contributed by atoms with E-state index in [4.69, 9.17) is 0 Å². The number of sulfonamides is 1. The number of nitrogens with one attached hydrogen (secondary N) is 3. The fraction of sp³-hybridized carbons (Fsp3) is 0.769. The molecule has 0 saturated carbocycles. The highest BCUT2D eigenvalue weighted by Gasteiger charge is 2.23. The predicted octanol–water partition coefficient (Wildman–Crippen LogP) is 0.202. The van der Waals surface area contributed by atoms with E-state index in [1.54, 1.807) is 14.0 Å². The van der Waals surface area contributed by atoms with Crippen molar-refractivity contribution in [2.45, 2.75) is 37.6 Å². The maximum Gasteiger partial charge on any atom is 0.244 e. The van der Waals surface area contributed by atoms with Crippen LogP contribution < -0.4 is 10.0 Å². The van der Waals surface area contributed by atoms with Crippen LogP contribution in [0.2, 0.25) is 0 Å². The molecule has 1 aliphatic heterocycles. The lowest BCUT2D eigenvalue weighted by atomic mass is 10.1. The molecule has 21 heavy (non-hydrogen) atoms. The molecule has 2 rings (SSSR count). The predicted molar refractivity (Wildman–Crippen MR) is 81.6 cm³/mol. The number of aromatic amines is 1. The third kappa shape index (κ3) is 4.26. The van der Waals surface area contributed by atoms with Gasteiger partial charge in [-0.05, 0) is 39.9 Å². The molecule has 1 fully saturated rings. The van der Waals surface area contributed by atoms with E-state index >= 15 is 0 Å². The highest BCUT2D eigenvalue weighted by atomic mass is 32.2. The average molecular weight is 315 g/mol. The molecule has 7 nitrogen and oxygen atoms in total. The molecule has 1 aromatic heterocycles. The summed E-state index contributed by atoms with van der Waals surface area (Å²) in [6.45, 7) is 5.48. The normalized spacial score (nSPS) is 17.2. The first-order valence-corrected chi connectivity index (χ1v) is 8.93. The second kappa shape index (κ2) is 7.35. The number of hydrogen-bond donors (Lipinski definition) is 3. The van der Waals surface area contributed by atoms with Gasteiger partial charge in [0.2, 0.25) is 10.0 Å². The van der Waals surface area contributed by atoms with Crippen molar-refractivity contribution in [2.24, 2.45) is 0 Å². The SMILES string of the molecule is CNCc1n[nH]c(C)c1S(=O)(=O)NCCN1CCCCC1. The number of aryl methyl sites for hydroxylation is 1. The summed E-state index contributed by atoms with van der Waals surface area (Å²) in [6.07, 6.45) is 3.70. The van der Waals surface area contributed by atoms with Crippen molar-refractivity contribution in [3.8, 4) is 0 Å². The molecule has 0 atom stereocenters. The second-order valence-electron chi connectivity index (χ2n) is 5.45. The standard InChI is InChI=1S/C13H25N5O2S/c1-11-13(12(10-14-2)17-16-11)21(19,20)15-6-9-18-7-4-3-5-8-18/h14-15H,3-10H2,1-2H3,(H,16,17). The molecular formula is C13H25N5O2S. The van der Waals surface area contributed by atoms with E-state index in [2.05, 4.69) is 25.1 Å². The first-order valence-electron chi connectivity index (χ1n) is 7.45. The highest BCUT2D eigenvalue weighted by molar-refractivity contribution is 7.89. The van der Waals surface area contributed by atoms with Crippen molar-refractivity contribution in [1.29, 1.82) is 0 Å². The first-order chi connectivity index (χ1) is 10.0. The molecule has 0 amide bonds. The van der Waals surface area contributed by atoms with Gasteiger partial charge in [0, 0.05) is 19.6 Å². The van der Waals surface area contributed by atoms with Gasteiger partial charge in [0.15, 0.2) is 0 Å². The molecule has 1 saturated heterocycles. The van der Waals surface area contributed by atoms with Gasteiger partial charge in [-0.2, -0.15) is 5.10 Å². The fourth-order valence-electron chi connectivity index (χ4n) is 2.71. The van der Waals surface area contributed by atoms with Gasteiger partial charge < -0.3 is 10.2 Å². The van der Waals surface area contributed by atoms with Gasteiger partial charge in [-0.3, -0.25) is 5.10 Å². The molecule has 8 heteroatoms. The number of likely N-dealkylation sites (tertiary alicyclic amines) is 1. The molecule has 0 spiro atoms. The Hall–Kier alpha value is -0.960. The fourth-order valence-corrected chi connectivity index (χ4v) is 4.09. The zero-order valence-electron chi connectivity index (χ0n) is 12.8. The Bertz CT molecular complexity index is 549. The van der Waals surface area contributed by atoms with Crippen LogP contribution in [0, 0.1) is 6.92 Å². The highest BCUT2D eigenvalue weighted by Crippen LogP contribution is 2.17. The molecule has 0 aliphatic carbocycles. The summed E-state index contributed by atoms with van der Waals surface area (Å²) in [5.41, 5.74) is 1.10. The minimum Gasteiger partial charge on any atom is -0.314 e. The number of nitrogens with zero attached hydrogens (tertiary/aromatic N) is 2. The number of aromatic nitrogens is 2. The first kappa shape index (κ1) is 16.4. The van der Waals surface area contributed by atoms with Crippen molar-refractivity contribution >= 4 is 10.0 Å². The summed E-state index contributed by atoms with van der Waals surface area (Å²) in [5, 5.41) is 9.74. The van der Waals surface area contributed by atoms with Gasteiger partial charge in [-0.25, -0.2) is 13.1 Å². The zero-order valence-corrected chi connectivity index (χ0v) is 13.6. The maximum absolute atomic E-state index is 12.4. The molecule has 0 unspecified atom stereocenters. The number of H-pyrrole nitrogens is 1. The largest absolute Gasteiger partial charge is 0.314 e. The minimum atomic E-state index is -3.51. The van der Waals surface area contributed by atoms with Gasteiger partial charge in [-0.15, -0.1) is 0 Å². The Morgan fingerprint density at radius 2 is 2.00 bits per heavy atom. The van der Waals surface area contributed by atoms with Gasteiger partial charge in [0.25, 0.3) is 0 Å². The lowest BCUT2D eigenvalue weighted by molar-refractivity contribution is 0.233. The van der Waals surface area contributed by atoms with Gasteiger partial charge in [0.1, 0.15) is 4.90 Å². The Balaban J connectivity index is 1.96. The topological polar surface area (TPSA) is 90.1 Å². The minimum absolute atomic E-state index is 0.274. The smallest absolute Gasteiger partial charge is 0.244 e. The summed E-state index contributed by atoms with van der Waals surface area (Å²) in [5.74, 6) is 0. The van der Waals surface area contributed by atoms with Crippen LogP contribution in [0.4, 0.5) is 0 Å². The molecule has 0 radical (unpaired) electrons. The number of rotatable bonds is 7. The van der Waals surface area contributed by atoms with Crippen LogP contribution in [0.15, 0.2) is 4.90 Å². The third-order valence-electron chi connectivity index (χ3n) is 3.74. The van der Waals surface area contributed by atoms with Crippen molar-refractivity contribution in [3.05, 3.63) is 11.4 Å². The van der Waals surface area contributed by atoms with Crippen LogP contribution in [0.1, 0.15) is 30.7 Å². The quantitative estimate of drug-likeness (QED) is 0.669. The van der Waals surface area contributed by atoms with E-state index in [9.17, 15) is 8.42 Å². The van der Waals surface area contributed by atoms with Gasteiger partial charge in [-0.1, -0.05) is 6.42 Å². The van der Waals surface area contributed by atoms with Crippen LogP contribution in [0.5, 0.6) is 0 Å². The lowest BCUT2D eigenvalue weighted by Crippen LogP contribution is -2.38. The van der Waals surface area contributed by atoms with Crippen LogP contribution in [-0.2, 0) is 16.6 Å². The van der Waals surface area contributed by atoms with Crippen molar-refractivity contribution in [2.75, 3.05) is 33.2 Å². The van der Waals surface area contributed by atoms with E-state index in [-0.39, 0.29) is 4.90 Å². The molecule has 120 valence electrons. The lowest BCUT2D eigenvalue weighted by Gasteiger charge is -2.26. The Labute approximate surface area is 126 Å². The Morgan fingerprint density at radius 1 is 1.29 bits per heavy atom. The summed E-state index contributed by atoms with van der Waals surface area (Å²) >= 11 is 0. The van der Waals surface area contributed by atoms with Crippen molar-refractivity contribution in [3.63, 3.8) is 0 Å². The van der Waals surface area contributed by atoms with Crippen LogP contribution in [0.25, 0.3) is 0 Å². The van der Waals surface area contributed by atoms with E-state index < -0.39 is 10.0 Å². The molecule has 2 heterocycles. The number of hydrogen-bond acceptors (Lipinski definition) is 5. The summed E-state index contributed by atoms with van der Waals surface area (Å²) in [4.78, 5) is 2.58. The van der Waals surface area contributed by atoms with Gasteiger partial charge in [0.05, 0.1) is 11.4 Å².